The van der Waals surface area contributed by atoms with Crippen molar-refractivity contribution in [1.82, 2.24) is 10.2 Å². The second-order valence-electron chi connectivity index (χ2n) is 8.72. The van der Waals surface area contributed by atoms with Crippen LogP contribution >= 0.6 is 23.2 Å². The normalized spacial score (nSPS) is 12.1. The van der Waals surface area contributed by atoms with Gasteiger partial charge in [-0.05, 0) is 56.7 Å². The molecule has 37 heavy (non-hydrogen) atoms. The molecule has 196 valence electrons. The van der Waals surface area contributed by atoms with Crippen LogP contribution in [0.25, 0.3) is 0 Å². The number of sulfonamides is 1. The van der Waals surface area contributed by atoms with E-state index in [0.29, 0.717) is 0 Å². The summed E-state index contributed by atoms with van der Waals surface area (Å²) < 4.78 is 28.5. The smallest absolute Gasteiger partial charge is 0.264 e. The van der Waals surface area contributed by atoms with Crippen LogP contribution in [-0.4, -0.2) is 44.8 Å². The number of carbonyl (C=O) groups is 2. The first kappa shape index (κ1) is 28.5. The Hall–Kier alpha value is -3.07. The van der Waals surface area contributed by atoms with Gasteiger partial charge in [0, 0.05) is 18.6 Å². The number of nitrogens with zero attached hydrogens (tertiary/aromatic N) is 2. The number of benzene rings is 3. The zero-order chi connectivity index (χ0) is 27.3. The fourth-order valence-electron chi connectivity index (χ4n) is 3.71. The van der Waals surface area contributed by atoms with Gasteiger partial charge in [-0.2, -0.15) is 0 Å². The molecule has 7 nitrogen and oxygen atoms in total. The van der Waals surface area contributed by atoms with Gasteiger partial charge in [0.1, 0.15) is 12.6 Å². The second-order valence-corrected chi connectivity index (χ2v) is 11.4. The molecular weight excluding hydrogens is 533 g/mol. The van der Waals surface area contributed by atoms with Gasteiger partial charge in [0.15, 0.2) is 0 Å². The Morgan fingerprint density at radius 3 is 2.05 bits per heavy atom. The van der Waals surface area contributed by atoms with Crippen molar-refractivity contribution in [3.8, 4) is 0 Å². The number of halogens is 2. The van der Waals surface area contributed by atoms with Gasteiger partial charge in [-0.1, -0.05) is 70.7 Å². The molecule has 0 saturated carbocycles. The minimum absolute atomic E-state index is 0.00798. The van der Waals surface area contributed by atoms with Crippen molar-refractivity contribution < 1.29 is 18.0 Å². The molecule has 2 amide bonds. The van der Waals surface area contributed by atoms with E-state index in [9.17, 15) is 18.0 Å². The van der Waals surface area contributed by atoms with E-state index < -0.39 is 28.5 Å². The standard InChI is InChI=1S/C27H29Cl2N3O4S/c1-18-5-9-21(10-6-18)16-31(20(3)27(34)30-4)26(33)17-32(25-15-22(28)11-14-24(25)29)37(35,36)23-12-7-19(2)8-13-23/h5-15,20H,16-17H2,1-4H3,(H,30,34). The van der Waals surface area contributed by atoms with Gasteiger partial charge in [0.2, 0.25) is 11.8 Å². The largest absolute Gasteiger partial charge is 0.357 e. The Balaban J connectivity index is 2.07. The lowest BCUT2D eigenvalue weighted by Crippen LogP contribution is -2.50. The van der Waals surface area contributed by atoms with Gasteiger partial charge in [-0.3, -0.25) is 13.9 Å². The summed E-state index contributed by atoms with van der Waals surface area (Å²) in [4.78, 5) is 27.6. The molecular formula is C27H29Cl2N3O4S. The Morgan fingerprint density at radius 1 is 0.919 bits per heavy atom. The summed E-state index contributed by atoms with van der Waals surface area (Å²) in [7, 11) is -2.75. The molecule has 3 aromatic rings. The molecule has 10 heteroatoms. The molecule has 0 aliphatic rings. The van der Waals surface area contributed by atoms with Gasteiger partial charge in [0.05, 0.1) is 15.6 Å². The van der Waals surface area contributed by atoms with Crippen LogP contribution in [0, 0.1) is 13.8 Å². The van der Waals surface area contributed by atoms with Gasteiger partial charge < -0.3 is 10.2 Å². The maximum Gasteiger partial charge on any atom is 0.264 e. The van der Waals surface area contributed by atoms with Crippen molar-refractivity contribution in [3.05, 3.63) is 93.5 Å². The molecule has 1 atom stereocenters. The fraction of sp³-hybridized carbons (Fsp3) is 0.259. The molecule has 0 heterocycles. The first-order valence-electron chi connectivity index (χ1n) is 11.5. The predicted octanol–water partition coefficient (Wildman–Crippen LogP) is 4.97. The van der Waals surface area contributed by atoms with Crippen molar-refractivity contribution in [2.45, 2.75) is 38.3 Å². The number of amides is 2. The van der Waals surface area contributed by atoms with Gasteiger partial charge in [-0.25, -0.2) is 8.42 Å². The number of rotatable bonds is 9. The number of nitrogens with one attached hydrogen (secondary N) is 1. The molecule has 1 unspecified atom stereocenters. The molecule has 0 radical (unpaired) electrons. The highest BCUT2D eigenvalue weighted by molar-refractivity contribution is 7.92. The minimum atomic E-state index is -4.23. The summed E-state index contributed by atoms with van der Waals surface area (Å²) in [5, 5.41) is 2.92. The molecule has 3 rings (SSSR count). The number of hydrogen-bond donors (Lipinski definition) is 1. The summed E-state index contributed by atoms with van der Waals surface area (Å²) >= 11 is 12.6. The van der Waals surface area contributed by atoms with E-state index in [0.717, 1.165) is 21.0 Å². The van der Waals surface area contributed by atoms with Crippen LogP contribution in [0.15, 0.2) is 71.6 Å². The van der Waals surface area contributed by atoms with E-state index in [1.54, 1.807) is 19.1 Å². The van der Waals surface area contributed by atoms with E-state index >= 15 is 0 Å². The zero-order valence-electron chi connectivity index (χ0n) is 21.0. The highest BCUT2D eigenvalue weighted by Gasteiger charge is 2.33. The van der Waals surface area contributed by atoms with Crippen molar-refractivity contribution in [2.24, 2.45) is 0 Å². The number of hydrogen-bond acceptors (Lipinski definition) is 4. The lowest BCUT2D eigenvalue weighted by molar-refractivity contribution is -0.139. The van der Waals surface area contributed by atoms with Crippen molar-refractivity contribution in [1.29, 1.82) is 0 Å². The quantitative estimate of drug-likeness (QED) is 0.399. The van der Waals surface area contributed by atoms with Crippen LogP contribution < -0.4 is 9.62 Å². The van der Waals surface area contributed by atoms with E-state index in [1.165, 1.54) is 42.3 Å². The molecule has 0 saturated heterocycles. The third-order valence-corrected chi connectivity index (χ3v) is 8.28. The third kappa shape index (κ3) is 6.83. The first-order chi connectivity index (χ1) is 17.4. The summed E-state index contributed by atoms with van der Waals surface area (Å²) in [6.45, 7) is 4.89. The highest BCUT2D eigenvalue weighted by atomic mass is 35.5. The van der Waals surface area contributed by atoms with Crippen LogP contribution in [0.5, 0.6) is 0 Å². The van der Waals surface area contributed by atoms with Crippen LogP contribution in [0.2, 0.25) is 10.0 Å². The van der Waals surface area contributed by atoms with Crippen molar-refractivity contribution >= 4 is 50.7 Å². The molecule has 0 aliphatic carbocycles. The van der Waals surface area contributed by atoms with Crippen molar-refractivity contribution in [3.63, 3.8) is 0 Å². The van der Waals surface area contributed by atoms with E-state index in [1.807, 2.05) is 38.1 Å². The van der Waals surface area contributed by atoms with Crippen LogP contribution in [0.1, 0.15) is 23.6 Å². The van der Waals surface area contributed by atoms with Crippen LogP contribution in [0.3, 0.4) is 0 Å². The molecule has 0 spiro atoms. The van der Waals surface area contributed by atoms with Gasteiger partial charge in [0.25, 0.3) is 10.0 Å². The van der Waals surface area contributed by atoms with E-state index in [2.05, 4.69) is 5.32 Å². The van der Waals surface area contributed by atoms with E-state index in [4.69, 9.17) is 23.2 Å². The maximum absolute atomic E-state index is 13.8. The zero-order valence-corrected chi connectivity index (χ0v) is 23.4. The average molecular weight is 563 g/mol. The van der Waals surface area contributed by atoms with Crippen LogP contribution in [0.4, 0.5) is 5.69 Å². The topological polar surface area (TPSA) is 86.8 Å². The molecule has 0 aromatic heterocycles. The molecule has 1 N–H and O–H groups in total. The number of anilines is 1. The Kier molecular flexibility index (Phi) is 9.23. The highest BCUT2D eigenvalue weighted by Crippen LogP contribution is 2.33. The van der Waals surface area contributed by atoms with Crippen molar-refractivity contribution in [2.75, 3.05) is 17.9 Å². The Morgan fingerprint density at radius 2 is 1.49 bits per heavy atom. The summed E-state index contributed by atoms with van der Waals surface area (Å²) in [6.07, 6.45) is 0. The summed E-state index contributed by atoms with van der Waals surface area (Å²) in [5.41, 5.74) is 2.78. The average Bonchev–Trinajstić information content (AvgIpc) is 2.87. The van der Waals surface area contributed by atoms with Crippen LogP contribution in [-0.2, 0) is 26.2 Å². The maximum atomic E-state index is 13.8. The number of carbonyl (C=O) groups excluding carboxylic acids is 2. The third-order valence-electron chi connectivity index (χ3n) is 5.95. The van der Waals surface area contributed by atoms with Gasteiger partial charge in [-0.15, -0.1) is 0 Å². The fourth-order valence-corrected chi connectivity index (χ4v) is 5.57. The van der Waals surface area contributed by atoms with E-state index in [-0.39, 0.29) is 33.1 Å². The lowest BCUT2D eigenvalue weighted by atomic mass is 10.1. The predicted molar refractivity (Wildman–Crippen MR) is 147 cm³/mol. The summed E-state index contributed by atoms with van der Waals surface area (Å²) in [5.74, 6) is -0.961. The summed E-state index contributed by atoms with van der Waals surface area (Å²) in [6, 6.07) is 17.4. The Labute approximate surface area is 228 Å². The molecule has 3 aromatic carbocycles. The van der Waals surface area contributed by atoms with Gasteiger partial charge >= 0.3 is 0 Å². The second kappa shape index (κ2) is 12.0. The lowest BCUT2D eigenvalue weighted by Gasteiger charge is -2.32. The molecule has 0 fully saturated rings. The number of likely N-dealkylation sites (N-methyl/N-ethyl adjacent to an activating group) is 1. The first-order valence-corrected chi connectivity index (χ1v) is 13.7. The number of aryl methyl sites for hydroxylation is 2. The monoisotopic (exact) mass is 561 g/mol. The minimum Gasteiger partial charge on any atom is -0.357 e. The SMILES string of the molecule is CNC(=O)C(C)N(Cc1ccc(C)cc1)C(=O)CN(c1cc(Cl)ccc1Cl)S(=O)(=O)c1ccc(C)cc1. The Bertz CT molecular complexity index is 1380. The molecule has 0 aliphatic heterocycles. The molecule has 0 bridgehead atoms.